The molecule has 0 radical (unpaired) electrons. The molecule has 1 aliphatic carbocycles. The van der Waals surface area contributed by atoms with Gasteiger partial charge >= 0.3 is 0 Å². The molecule has 7 heteroatoms. The van der Waals surface area contributed by atoms with Crippen LogP contribution in [-0.2, 0) is 10.0 Å². The second-order valence-electron chi connectivity index (χ2n) is 7.30. The van der Waals surface area contributed by atoms with Crippen molar-refractivity contribution in [3.8, 4) is 17.2 Å². The van der Waals surface area contributed by atoms with Gasteiger partial charge in [-0.2, -0.15) is 5.26 Å². The summed E-state index contributed by atoms with van der Waals surface area (Å²) < 4.78 is 42.1. The largest absolute Gasteiger partial charge is 0.344 e. The van der Waals surface area contributed by atoms with Crippen molar-refractivity contribution in [1.29, 1.82) is 5.26 Å². The quantitative estimate of drug-likeness (QED) is 0.687. The Bertz CT molecular complexity index is 1200. The van der Waals surface area contributed by atoms with Crippen molar-refractivity contribution < 1.29 is 12.8 Å². The van der Waals surface area contributed by atoms with Crippen molar-refractivity contribution in [3.05, 3.63) is 54.0 Å². The first-order chi connectivity index (χ1) is 13.4. The number of fused-ring (bicyclic) bond motifs is 1. The molecular weight excluding hydrogens is 377 g/mol. The lowest BCUT2D eigenvalue weighted by molar-refractivity contribution is 0.536. The fraction of sp³-hybridized carbons (Fsp3) is 0.286. The minimum Gasteiger partial charge on any atom is -0.344 e. The van der Waals surface area contributed by atoms with Crippen LogP contribution in [0.3, 0.4) is 0 Å². The molecule has 3 aromatic rings. The SMILES string of the molecule is CS(=O)(=O)Nc1ccc2c(-c3ccc(C#N)c(F)c3)cn(C3CCCC3)c2c1. The lowest BCUT2D eigenvalue weighted by atomic mass is 10.0. The van der Waals surface area contributed by atoms with Gasteiger partial charge < -0.3 is 4.57 Å². The zero-order valence-electron chi connectivity index (χ0n) is 15.4. The Labute approximate surface area is 163 Å². The zero-order chi connectivity index (χ0) is 19.9. The molecule has 1 fully saturated rings. The molecule has 1 saturated carbocycles. The molecule has 4 rings (SSSR count). The van der Waals surface area contributed by atoms with Crippen LogP contribution < -0.4 is 4.72 Å². The smallest absolute Gasteiger partial charge is 0.229 e. The van der Waals surface area contributed by atoms with E-state index in [-0.39, 0.29) is 5.56 Å². The second kappa shape index (κ2) is 6.95. The van der Waals surface area contributed by atoms with Crippen LogP contribution in [0.15, 0.2) is 42.6 Å². The maximum Gasteiger partial charge on any atom is 0.229 e. The van der Waals surface area contributed by atoms with Crippen LogP contribution in [0.25, 0.3) is 22.0 Å². The molecule has 0 atom stereocenters. The van der Waals surface area contributed by atoms with Gasteiger partial charge in [-0.1, -0.05) is 25.0 Å². The van der Waals surface area contributed by atoms with Gasteiger partial charge in [0.2, 0.25) is 10.0 Å². The number of rotatable bonds is 4. The third-order valence-electron chi connectivity index (χ3n) is 5.26. The molecule has 1 heterocycles. The first-order valence-corrected chi connectivity index (χ1v) is 11.1. The summed E-state index contributed by atoms with van der Waals surface area (Å²) in [5, 5.41) is 9.90. The van der Waals surface area contributed by atoms with Gasteiger partial charge in [-0.3, -0.25) is 4.72 Å². The van der Waals surface area contributed by atoms with Gasteiger partial charge in [0.25, 0.3) is 0 Å². The molecular formula is C21H20FN3O2S. The lowest BCUT2D eigenvalue weighted by Gasteiger charge is -2.14. The fourth-order valence-electron chi connectivity index (χ4n) is 4.02. The number of benzene rings is 2. The van der Waals surface area contributed by atoms with Gasteiger partial charge in [-0.05, 0) is 42.7 Å². The van der Waals surface area contributed by atoms with E-state index in [9.17, 15) is 12.8 Å². The monoisotopic (exact) mass is 397 g/mol. The van der Waals surface area contributed by atoms with Gasteiger partial charge in [0.15, 0.2) is 0 Å². The average molecular weight is 397 g/mol. The minimum atomic E-state index is -3.38. The zero-order valence-corrected chi connectivity index (χ0v) is 16.3. The van der Waals surface area contributed by atoms with Gasteiger partial charge in [-0.25, -0.2) is 12.8 Å². The molecule has 0 bridgehead atoms. The third kappa shape index (κ3) is 3.48. The summed E-state index contributed by atoms with van der Waals surface area (Å²) in [5.41, 5.74) is 3.01. The normalized spacial score (nSPS) is 15.0. The van der Waals surface area contributed by atoms with Gasteiger partial charge in [0.1, 0.15) is 11.9 Å². The van der Waals surface area contributed by atoms with Gasteiger partial charge in [0, 0.05) is 23.2 Å². The molecule has 1 N–H and O–H groups in total. The minimum absolute atomic E-state index is 0.0166. The van der Waals surface area contributed by atoms with Crippen LogP contribution in [0.1, 0.15) is 37.3 Å². The van der Waals surface area contributed by atoms with E-state index in [4.69, 9.17) is 5.26 Å². The summed E-state index contributed by atoms with van der Waals surface area (Å²) in [6.07, 6.45) is 7.59. The van der Waals surface area contributed by atoms with Crippen molar-refractivity contribution >= 4 is 26.6 Å². The van der Waals surface area contributed by atoms with Gasteiger partial charge in [0.05, 0.1) is 23.0 Å². The second-order valence-corrected chi connectivity index (χ2v) is 9.05. The lowest BCUT2D eigenvalue weighted by Crippen LogP contribution is -2.09. The average Bonchev–Trinajstić information content (AvgIpc) is 3.27. The van der Waals surface area contributed by atoms with E-state index in [0.717, 1.165) is 48.4 Å². The summed E-state index contributed by atoms with van der Waals surface area (Å²) in [6, 6.07) is 12.2. The summed E-state index contributed by atoms with van der Waals surface area (Å²) in [6.45, 7) is 0. The topological polar surface area (TPSA) is 74.9 Å². The van der Waals surface area contributed by atoms with Crippen LogP contribution in [0.5, 0.6) is 0 Å². The number of aromatic nitrogens is 1. The number of nitrogens with zero attached hydrogens (tertiary/aromatic N) is 2. The molecule has 2 aromatic carbocycles. The fourth-order valence-corrected chi connectivity index (χ4v) is 4.57. The number of sulfonamides is 1. The Morgan fingerprint density at radius 3 is 2.57 bits per heavy atom. The van der Waals surface area contributed by atoms with Crippen LogP contribution in [0.2, 0.25) is 0 Å². The highest BCUT2D eigenvalue weighted by Crippen LogP contribution is 2.39. The van der Waals surface area contributed by atoms with Crippen molar-refractivity contribution in [3.63, 3.8) is 0 Å². The molecule has 0 saturated heterocycles. The highest BCUT2D eigenvalue weighted by molar-refractivity contribution is 7.92. The summed E-state index contributed by atoms with van der Waals surface area (Å²) >= 11 is 0. The van der Waals surface area contributed by atoms with Crippen LogP contribution in [0, 0.1) is 17.1 Å². The Balaban J connectivity index is 1.89. The highest BCUT2D eigenvalue weighted by Gasteiger charge is 2.21. The Kier molecular flexibility index (Phi) is 4.60. The number of nitrogens with one attached hydrogen (secondary N) is 1. The Morgan fingerprint density at radius 1 is 1.18 bits per heavy atom. The molecule has 0 spiro atoms. The molecule has 0 amide bonds. The predicted molar refractivity (Wildman–Crippen MR) is 108 cm³/mol. The maximum absolute atomic E-state index is 14.2. The van der Waals surface area contributed by atoms with E-state index in [1.165, 1.54) is 12.1 Å². The highest BCUT2D eigenvalue weighted by atomic mass is 32.2. The van der Waals surface area contributed by atoms with E-state index >= 15 is 0 Å². The van der Waals surface area contributed by atoms with E-state index in [1.807, 2.05) is 24.4 Å². The number of nitriles is 1. The van der Waals surface area contributed by atoms with E-state index in [0.29, 0.717) is 17.3 Å². The Hall–Kier alpha value is -2.85. The molecule has 1 aliphatic rings. The number of hydrogen-bond acceptors (Lipinski definition) is 3. The first-order valence-electron chi connectivity index (χ1n) is 9.18. The van der Waals surface area contributed by atoms with Crippen LogP contribution in [-0.4, -0.2) is 19.2 Å². The number of anilines is 1. The third-order valence-corrected chi connectivity index (χ3v) is 5.86. The predicted octanol–water partition coefficient (Wildman–Crippen LogP) is 4.81. The molecule has 0 aliphatic heterocycles. The molecule has 28 heavy (non-hydrogen) atoms. The van der Waals surface area contributed by atoms with Crippen molar-refractivity contribution in [1.82, 2.24) is 4.57 Å². The van der Waals surface area contributed by atoms with Crippen molar-refractivity contribution in [2.24, 2.45) is 0 Å². The van der Waals surface area contributed by atoms with Crippen LogP contribution >= 0.6 is 0 Å². The van der Waals surface area contributed by atoms with Crippen molar-refractivity contribution in [2.75, 3.05) is 11.0 Å². The molecule has 5 nitrogen and oxygen atoms in total. The molecule has 144 valence electrons. The molecule has 0 unspecified atom stereocenters. The maximum atomic E-state index is 14.2. The first kappa shape index (κ1) is 18.5. The van der Waals surface area contributed by atoms with Gasteiger partial charge in [-0.15, -0.1) is 0 Å². The summed E-state index contributed by atoms with van der Waals surface area (Å²) in [4.78, 5) is 0. The van der Waals surface area contributed by atoms with Crippen molar-refractivity contribution in [2.45, 2.75) is 31.7 Å². The number of hydrogen-bond donors (Lipinski definition) is 1. The van der Waals surface area contributed by atoms with E-state index in [1.54, 1.807) is 12.1 Å². The summed E-state index contributed by atoms with van der Waals surface area (Å²) in [5.74, 6) is -0.544. The number of halogens is 1. The Morgan fingerprint density at radius 2 is 1.93 bits per heavy atom. The molecule has 1 aromatic heterocycles. The van der Waals surface area contributed by atoms with E-state index in [2.05, 4.69) is 9.29 Å². The van der Waals surface area contributed by atoms with Crippen LogP contribution in [0.4, 0.5) is 10.1 Å². The summed E-state index contributed by atoms with van der Waals surface area (Å²) in [7, 11) is -3.38. The standard InChI is InChI=1S/C21H20FN3O2S/c1-28(26,27)24-16-8-9-18-19(14-6-7-15(12-23)20(22)10-14)13-25(21(18)11-16)17-4-2-3-5-17/h6-11,13,17,24H,2-5H2,1H3. The van der Waals surface area contributed by atoms with E-state index < -0.39 is 15.8 Å².